The van der Waals surface area contributed by atoms with Crippen molar-refractivity contribution in [3.63, 3.8) is 0 Å². The van der Waals surface area contributed by atoms with Crippen molar-refractivity contribution in [2.75, 3.05) is 0 Å². The topological polar surface area (TPSA) is 44.0 Å². The summed E-state index contributed by atoms with van der Waals surface area (Å²) in [4.78, 5) is 22.8. The molecule has 0 aliphatic heterocycles. The molecule has 0 N–H and O–H groups in total. The van der Waals surface area contributed by atoms with Gasteiger partial charge in [0, 0.05) is 25.0 Å². The molecule has 13 heavy (non-hydrogen) atoms. The lowest BCUT2D eigenvalue weighted by atomic mass is 10.5. The van der Waals surface area contributed by atoms with Crippen LogP contribution in [0.3, 0.4) is 0 Å². The quantitative estimate of drug-likeness (QED) is 0.617. The van der Waals surface area contributed by atoms with E-state index in [1.165, 1.54) is 4.57 Å². The van der Waals surface area contributed by atoms with Crippen LogP contribution in [0.1, 0.15) is 25.8 Å². The first-order valence-corrected chi connectivity index (χ1v) is 4.55. The van der Waals surface area contributed by atoms with Gasteiger partial charge in [-0.25, -0.2) is 0 Å². The number of hydrogen-bond donors (Lipinski definition) is 0. The van der Waals surface area contributed by atoms with Crippen LogP contribution < -0.4 is 11.1 Å². The van der Waals surface area contributed by atoms with E-state index in [4.69, 9.17) is 0 Å². The van der Waals surface area contributed by atoms with E-state index in [2.05, 4.69) is 0 Å². The molecular formula is C9H12N2O2. The van der Waals surface area contributed by atoms with E-state index in [9.17, 15) is 9.59 Å². The van der Waals surface area contributed by atoms with Gasteiger partial charge in [-0.05, 0) is 19.8 Å². The molecule has 1 saturated carbocycles. The van der Waals surface area contributed by atoms with Crippen LogP contribution in [0.25, 0.3) is 0 Å². The van der Waals surface area contributed by atoms with Gasteiger partial charge in [0.05, 0.1) is 0 Å². The molecule has 4 heteroatoms. The Morgan fingerprint density at radius 3 is 2.54 bits per heavy atom. The first-order chi connectivity index (χ1) is 6.24. The highest BCUT2D eigenvalue weighted by atomic mass is 16.2. The molecule has 1 aliphatic carbocycles. The number of rotatable bonds is 2. The monoisotopic (exact) mass is 180 g/mol. The molecule has 0 saturated heterocycles. The second-order valence-electron chi connectivity index (χ2n) is 3.33. The third-order valence-electron chi connectivity index (χ3n) is 2.37. The van der Waals surface area contributed by atoms with Crippen LogP contribution in [-0.2, 0) is 6.54 Å². The number of nitrogens with zero attached hydrogens (tertiary/aromatic N) is 2. The zero-order valence-corrected chi connectivity index (χ0v) is 7.56. The Morgan fingerprint density at radius 1 is 1.31 bits per heavy atom. The lowest BCUT2D eigenvalue weighted by molar-refractivity contribution is 0.630. The fourth-order valence-corrected chi connectivity index (χ4v) is 1.41. The molecule has 0 unspecified atom stereocenters. The molecule has 1 aliphatic rings. The largest absolute Gasteiger partial charge is 0.316 e. The van der Waals surface area contributed by atoms with Crippen LogP contribution in [-0.4, -0.2) is 9.13 Å². The standard InChI is InChI=1S/C9H12N2O2/c1-2-10-5-6-11(7-3-4-7)9(13)8(10)12/h5-7H,2-4H2,1H3. The van der Waals surface area contributed by atoms with Gasteiger partial charge < -0.3 is 9.13 Å². The molecule has 70 valence electrons. The zero-order valence-electron chi connectivity index (χ0n) is 7.56. The Labute approximate surface area is 75.4 Å². The Bertz CT molecular complexity index is 426. The molecule has 0 aromatic carbocycles. The maximum Gasteiger partial charge on any atom is 0.316 e. The van der Waals surface area contributed by atoms with Gasteiger partial charge in [0.1, 0.15) is 0 Å². The van der Waals surface area contributed by atoms with Crippen molar-refractivity contribution in [1.82, 2.24) is 9.13 Å². The van der Waals surface area contributed by atoms with Crippen LogP contribution >= 0.6 is 0 Å². The number of hydrogen-bond acceptors (Lipinski definition) is 2. The SMILES string of the molecule is CCn1ccn(C2CC2)c(=O)c1=O. The predicted octanol–water partition coefficient (Wildman–Crippen LogP) is 0.365. The number of aryl methyl sites for hydroxylation is 1. The molecule has 0 radical (unpaired) electrons. The van der Waals surface area contributed by atoms with E-state index < -0.39 is 5.56 Å². The minimum Gasteiger partial charge on any atom is -0.310 e. The smallest absolute Gasteiger partial charge is 0.310 e. The Hall–Kier alpha value is -1.32. The van der Waals surface area contributed by atoms with Gasteiger partial charge in [-0.15, -0.1) is 0 Å². The number of aromatic nitrogens is 2. The van der Waals surface area contributed by atoms with Gasteiger partial charge in [0.2, 0.25) is 0 Å². The van der Waals surface area contributed by atoms with Crippen LogP contribution in [0.5, 0.6) is 0 Å². The molecule has 0 amide bonds. The van der Waals surface area contributed by atoms with Gasteiger partial charge in [0.25, 0.3) is 0 Å². The second-order valence-corrected chi connectivity index (χ2v) is 3.33. The van der Waals surface area contributed by atoms with Crippen molar-refractivity contribution in [3.8, 4) is 0 Å². The average molecular weight is 180 g/mol. The van der Waals surface area contributed by atoms with Crippen molar-refractivity contribution in [1.29, 1.82) is 0 Å². The third kappa shape index (κ3) is 1.32. The molecule has 2 rings (SSSR count). The molecule has 0 atom stereocenters. The molecule has 1 aromatic heterocycles. The highest BCUT2D eigenvalue weighted by Gasteiger charge is 2.25. The molecular weight excluding hydrogens is 168 g/mol. The summed E-state index contributed by atoms with van der Waals surface area (Å²) >= 11 is 0. The molecule has 1 fully saturated rings. The summed E-state index contributed by atoms with van der Waals surface area (Å²) in [6.45, 7) is 2.40. The van der Waals surface area contributed by atoms with Crippen molar-refractivity contribution < 1.29 is 0 Å². The highest BCUT2D eigenvalue weighted by Crippen LogP contribution is 2.32. The van der Waals surface area contributed by atoms with Gasteiger partial charge in [-0.1, -0.05) is 0 Å². The summed E-state index contributed by atoms with van der Waals surface area (Å²) in [5, 5.41) is 0. The van der Waals surface area contributed by atoms with Gasteiger partial charge in [0.15, 0.2) is 0 Å². The average Bonchev–Trinajstić information content (AvgIpc) is 2.93. The molecule has 1 aromatic rings. The van der Waals surface area contributed by atoms with E-state index in [0.29, 0.717) is 6.54 Å². The van der Waals surface area contributed by atoms with E-state index >= 15 is 0 Å². The summed E-state index contributed by atoms with van der Waals surface area (Å²) in [6, 6.07) is 0.284. The predicted molar refractivity (Wildman–Crippen MR) is 48.9 cm³/mol. The molecule has 1 heterocycles. The van der Waals surface area contributed by atoms with E-state index in [1.807, 2.05) is 6.92 Å². The highest BCUT2D eigenvalue weighted by molar-refractivity contribution is 4.93. The molecule has 0 bridgehead atoms. The molecule has 4 nitrogen and oxygen atoms in total. The van der Waals surface area contributed by atoms with E-state index in [1.54, 1.807) is 17.0 Å². The Morgan fingerprint density at radius 2 is 2.00 bits per heavy atom. The van der Waals surface area contributed by atoms with Crippen LogP contribution in [0.2, 0.25) is 0 Å². The van der Waals surface area contributed by atoms with Gasteiger partial charge in [-0.2, -0.15) is 0 Å². The van der Waals surface area contributed by atoms with Crippen LogP contribution in [0.4, 0.5) is 0 Å². The van der Waals surface area contributed by atoms with Crippen LogP contribution in [0.15, 0.2) is 22.0 Å². The summed E-state index contributed by atoms with van der Waals surface area (Å²) in [5.74, 6) is 0. The van der Waals surface area contributed by atoms with Gasteiger partial charge >= 0.3 is 11.1 Å². The third-order valence-corrected chi connectivity index (χ3v) is 2.37. The molecule has 0 spiro atoms. The fraction of sp³-hybridized carbons (Fsp3) is 0.556. The van der Waals surface area contributed by atoms with Crippen LogP contribution in [0, 0.1) is 0 Å². The summed E-state index contributed by atoms with van der Waals surface area (Å²) in [6.07, 6.45) is 5.44. The first kappa shape index (κ1) is 8.29. The van der Waals surface area contributed by atoms with Gasteiger partial charge in [-0.3, -0.25) is 9.59 Å². The first-order valence-electron chi connectivity index (χ1n) is 4.55. The van der Waals surface area contributed by atoms with Crippen molar-refractivity contribution >= 4 is 0 Å². The maximum atomic E-state index is 11.5. The van der Waals surface area contributed by atoms with Crippen molar-refractivity contribution in [2.45, 2.75) is 32.4 Å². The minimum absolute atomic E-state index is 0.284. The summed E-state index contributed by atoms with van der Waals surface area (Å²) < 4.78 is 2.98. The summed E-state index contributed by atoms with van der Waals surface area (Å²) in [7, 11) is 0. The lowest BCUT2D eigenvalue weighted by Gasteiger charge is -2.04. The zero-order chi connectivity index (χ0) is 9.42. The second kappa shape index (κ2) is 2.87. The van der Waals surface area contributed by atoms with E-state index in [0.717, 1.165) is 12.8 Å². The maximum absolute atomic E-state index is 11.5. The lowest BCUT2D eigenvalue weighted by Crippen LogP contribution is -2.39. The summed E-state index contributed by atoms with van der Waals surface area (Å²) in [5.41, 5.74) is -0.788. The van der Waals surface area contributed by atoms with Crippen molar-refractivity contribution in [2.24, 2.45) is 0 Å². The minimum atomic E-state index is -0.406. The van der Waals surface area contributed by atoms with E-state index in [-0.39, 0.29) is 11.6 Å². The normalized spacial score (nSPS) is 16.1. The van der Waals surface area contributed by atoms with Crippen molar-refractivity contribution in [3.05, 3.63) is 33.1 Å². The Kier molecular flexibility index (Phi) is 1.83. The Balaban J connectivity index is 2.58. The fourth-order valence-electron chi connectivity index (χ4n) is 1.41.